The topological polar surface area (TPSA) is 27.6 Å². The molecule has 0 saturated heterocycles. The first-order chi connectivity index (χ1) is 4.13. The van der Waals surface area contributed by atoms with Crippen molar-refractivity contribution in [3.63, 3.8) is 0 Å². The molecule has 3 N–H and O–H groups in total. The SMILES string of the molecule is Cc1sc(C)c([NH3+])c1C. The molecule has 1 aromatic rings. The molecule has 1 rings (SSSR count). The van der Waals surface area contributed by atoms with Gasteiger partial charge in [0.1, 0.15) is 5.69 Å². The normalized spacial score (nSPS) is 10.2. The van der Waals surface area contributed by atoms with E-state index in [1.165, 1.54) is 21.0 Å². The van der Waals surface area contributed by atoms with Crippen molar-refractivity contribution in [2.45, 2.75) is 20.8 Å². The number of aryl methyl sites for hydroxylation is 2. The fourth-order valence-corrected chi connectivity index (χ4v) is 1.86. The number of rotatable bonds is 0. The third kappa shape index (κ3) is 1.00. The van der Waals surface area contributed by atoms with Gasteiger partial charge in [-0.15, -0.1) is 11.3 Å². The maximum atomic E-state index is 3.95. The van der Waals surface area contributed by atoms with Crippen LogP contribution in [0.5, 0.6) is 0 Å². The van der Waals surface area contributed by atoms with Crippen molar-refractivity contribution >= 4 is 17.0 Å². The zero-order valence-corrected chi connectivity index (χ0v) is 6.93. The first kappa shape index (κ1) is 6.78. The molecule has 50 valence electrons. The summed E-state index contributed by atoms with van der Waals surface area (Å²) < 4.78 is 0. The van der Waals surface area contributed by atoms with E-state index in [-0.39, 0.29) is 0 Å². The molecule has 0 spiro atoms. The first-order valence-electron chi connectivity index (χ1n) is 3.01. The average Bonchev–Trinajstić information content (AvgIpc) is 1.98. The van der Waals surface area contributed by atoms with Crippen molar-refractivity contribution in [3.05, 3.63) is 15.3 Å². The van der Waals surface area contributed by atoms with Crippen LogP contribution < -0.4 is 5.73 Å². The average molecular weight is 142 g/mol. The van der Waals surface area contributed by atoms with Gasteiger partial charge in [-0.25, -0.2) is 0 Å². The van der Waals surface area contributed by atoms with E-state index < -0.39 is 0 Å². The summed E-state index contributed by atoms with van der Waals surface area (Å²) in [5.74, 6) is 0. The molecule has 0 bridgehead atoms. The second kappa shape index (κ2) is 2.12. The molecular weight excluding hydrogens is 130 g/mol. The fraction of sp³-hybridized carbons (Fsp3) is 0.429. The summed E-state index contributed by atoms with van der Waals surface area (Å²) >= 11 is 1.83. The van der Waals surface area contributed by atoms with Gasteiger partial charge in [-0.3, -0.25) is 0 Å². The Morgan fingerprint density at radius 3 is 1.78 bits per heavy atom. The highest BCUT2D eigenvalue weighted by Gasteiger charge is 2.07. The maximum absolute atomic E-state index is 3.95. The predicted molar refractivity (Wildman–Crippen MR) is 41.1 cm³/mol. The molecule has 2 heteroatoms. The van der Waals surface area contributed by atoms with Crippen molar-refractivity contribution in [2.24, 2.45) is 0 Å². The summed E-state index contributed by atoms with van der Waals surface area (Å²) in [6.45, 7) is 6.38. The van der Waals surface area contributed by atoms with Crippen LogP contribution in [0.25, 0.3) is 0 Å². The van der Waals surface area contributed by atoms with Gasteiger partial charge in [0.05, 0.1) is 4.88 Å². The van der Waals surface area contributed by atoms with Crippen LogP contribution in [-0.4, -0.2) is 0 Å². The Hall–Kier alpha value is -0.340. The quantitative estimate of drug-likeness (QED) is 0.569. The second-order valence-electron chi connectivity index (χ2n) is 2.32. The van der Waals surface area contributed by atoms with Crippen LogP contribution in [0.2, 0.25) is 0 Å². The molecular formula is C7H12NS+. The Morgan fingerprint density at radius 1 is 1.11 bits per heavy atom. The third-order valence-electron chi connectivity index (χ3n) is 1.71. The Labute approximate surface area is 59.5 Å². The van der Waals surface area contributed by atoms with Gasteiger partial charge in [0.2, 0.25) is 0 Å². The van der Waals surface area contributed by atoms with Crippen LogP contribution in [0.15, 0.2) is 0 Å². The molecule has 1 aromatic heterocycles. The highest BCUT2D eigenvalue weighted by atomic mass is 32.1. The van der Waals surface area contributed by atoms with Gasteiger partial charge in [0.15, 0.2) is 0 Å². The highest BCUT2D eigenvalue weighted by Crippen LogP contribution is 2.26. The molecule has 0 aromatic carbocycles. The molecule has 9 heavy (non-hydrogen) atoms. The molecule has 0 atom stereocenters. The largest absolute Gasteiger partial charge is 0.324 e. The number of hydrogen-bond donors (Lipinski definition) is 1. The number of thiophene rings is 1. The minimum absolute atomic E-state index is 1.22. The summed E-state index contributed by atoms with van der Waals surface area (Å²) in [7, 11) is 0. The van der Waals surface area contributed by atoms with Crippen LogP contribution >= 0.6 is 11.3 Å². The summed E-state index contributed by atoms with van der Waals surface area (Å²) in [4.78, 5) is 2.75. The van der Waals surface area contributed by atoms with Gasteiger partial charge in [-0.2, -0.15) is 0 Å². The van der Waals surface area contributed by atoms with Crippen molar-refractivity contribution in [1.82, 2.24) is 0 Å². The Bertz CT molecular complexity index is 203. The lowest BCUT2D eigenvalue weighted by Crippen LogP contribution is -2.41. The van der Waals surface area contributed by atoms with Crippen molar-refractivity contribution in [2.75, 3.05) is 0 Å². The van der Waals surface area contributed by atoms with Gasteiger partial charge in [0, 0.05) is 10.4 Å². The van der Waals surface area contributed by atoms with Crippen LogP contribution in [0.1, 0.15) is 15.3 Å². The Morgan fingerprint density at radius 2 is 1.67 bits per heavy atom. The minimum atomic E-state index is 1.22. The van der Waals surface area contributed by atoms with Crippen LogP contribution in [0.3, 0.4) is 0 Å². The number of hydrogen-bond acceptors (Lipinski definition) is 1. The van der Waals surface area contributed by atoms with Gasteiger partial charge in [0.25, 0.3) is 0 Å². The monoisotopic (exact) mass is 142 g/mol. The van der Waals surface area contributed by atoms with E-state index in [1.54, 1.807) is 0 Å². The predicted octanol–water partition coefficient (Wildman–Crippen LogP) is 1.55. The zero-order valence-electron chi connectivity index (χ0n) is 6.12. The summed E-state index contributed by atoms with van der Waals surface area (Å²) in [6.07, 6.45) is 0. The Balaban J connectivity index is 3.29. The standard InChI is InChI=1S/C7H11NS/c1-4-5(2)9-6(3)7(4)8/h8H2,1-3H3/p+1. The van der Waals surface area contributed by atoms with E-state index in [2.05, 4.69) is 26.5 Å². The van der Waals surface area contributed by atoms with E-state index in [9.17, 15) is 0 Å². The van der Waals surface area contributed by atoms with Crippen molar-refractivity contribution < 1.29 is 5.73 Å². The van der Waals surface area contributed by atoms with Gasteiger partial charge < -0.3 is 5.73 Å². The van der Waals surface area contributed by atoms with E-state index in [0.29, 0.717) is 0 Å². The summed E-state index contributed by atoms with van der Waals surface area (Å²) in [6, 6.07) is 0. The van der Waals surface area contributed by atoms with Crippen LogP contribution in [0, 0.1) is 20.8 Å². The zero-order chi connectivity index (χ0) is 7.02. The lowest BCUT2D eigenvalue weighted by Gasteiger charge is -1.84. The van der Waals surface area contributed by atoms with E-state index in [4.69, 9.17) is 0 Å². The molecule has 0 aliphatic rings. The van der Waals surface area contributed by atoms with Gasteiger partial charge in [-0.1, -0.05) is 0 Å². The second-order valence-corrected chi connectivity index (χ2v) is 3.75. The molecule has 1 nitrogen and oxygen atoms in total. The van der Waals surface area contributed by atoms with E-state index in [1.807, 2.05) is 11.3 Å². The smallest absolute Gasteiger partial charge is 0.144 e. The first-order valence-corrected chi connectivity index (χ1v) is 3.83. The Kier molecular flexibility index (Phi) is 1.60. The molecule has 0 aliphatic heterocycles. The molecule has 0 aliphatic carbocycles. The lowest BCUT2D eigenvalue weighted by atomic mass is 10.2. The lowest BCUT2D eigenvalue weighted by molar-refractivity contribution is -0.255. The highest BCUT2D eigenvalue weighted by molar-refractivity contribution is 7.12. The van der Waals surface area contributed by atoms with Gasteiger partial charge >= 0.3 is 0 Å². The van der Waals surface area contributed by atoms with Crippen LogP contribution in [0.4, 0.5) is 5.69 Å². The molecule has 0 saturated carbocycles. The third-order valence-corrected chi connectivity index (χ3v) is 2.88. The van der Waals surface area contributed by atoms with Crippen LogP contribution in [-0.2, 0) is 0 Å². The molecule has 0 radical (unpaired) electrons. The minimum Gasteiger partial charge on any atom is -0.324 e. The molecule has 0 fully saturated rings. The van der Waals surface area contributed by atoms with Gasteiger partial charge in [-0.05, 0) is 20.8 Å². The fourth-order valence-electron chi connectivity index (χ4n) is 0.844. The maximum Gasteiger partial charge on any atom is 0.144 e. The van der Waals surface area contributed by atoms with E-state index in [0.717, 1.165) is 0 Å². The van der Waals surface area contributed by atoms with E-state index >= 15 is 0 Å². The summed E-state index contributed by atoms with van der Waals surface area (Å²) in [5, 5.41) is 0. The molecule has 1 heterocycles. The van der Waals surface area contributed by atoms with Crippen molar-refractivity contribution in [3.8, 4) is 0 Å². The molecule has 0 unspecified atom stereocenters. The number of quaternary nitrogens is 1. The van der Waals surface area contributed by atoms with Crippen molar-refractivity contribution in [1.29, 1.82) is 0 Å². The summed E-state index contributed by atoms with van der Waals surface area (Å²) in [5.41, 5.74) is 6.53. The molecule has 0 amide bonds.